The quantitative estimate of drug-likeness (QED) is 0.340. The highest BCUT2D eigenvalue weighted by Gasteiger charge is 2.23. The first-order valence-electron chi connectivity index (χ1n) is 11.1. The van der Waals surface area contributed by atoms with Crippen LogP contribution in [0.1, 0.15) is 44.4 Å². The Morgan fingerprint density at radius 2 is 1.76 bits per heavy atom. The van der Waals surface area contributed by atoms with Gasteiger partial charge in [0.2, 0.25) is 0 Å². The number of aromatic nitrogens is 3. The Balaban J connectivity index is 1.76. The molecule has 0 spiro atoms. The van der Waals surface area contributed by atoms with Crippen LogP contribution < -0.4 is 5.48 Å². The number of hydrogen-bond acceptors (Lipinski definition) is 5. The molecule has 7 heteroatoms. The molecule has 0 saturated heterocycles. The fraction of sp³-hybridized carbons (Fsp3) is 0.222. The van der Waals surface area contributed by atoms with E-state index in [1.807, 2.05) is 57.2 Å². The summed E-state index contributed by atoms with van der Waals surface area (Å²) in [5.74, 6) is -0.716. The minimum atomic E-state index is -0.550. The maximum absolute atomic E-state index is 14.9. The van der Waals surface area contributed by atoms with Crippen LogP contribution in [-0.2, 0) is 9.63 Å². The number of benzene rings is 2. The van der Waals surface area contributed by atoms with E-state index >= 15 is 0 Å². The normalized spacial score (nSPS) is 12.4. The van der Waals surface area contributed by atoms with Crippen molar-refractivity contribution >= 4 is 5.97 Å². The van der Waals surface area contributed by atoms with Crippen LogP contribution in [0.2, 0.25) is 0 Å². The summed E-state index contributed by atoms with van der Waals surface area (Å²) in [5.41, 5.74) is 6.71. The molecule has 2 heterocycles. The van der Waals surface area contributed by atoms with Gasteiger partial charge in [0.1, 0.15) is 5.82 Å². The Kier molecular flexibility index (Phi) is 6.84. The standard InChI is InChI=1S/C27H27FN4O2/c1-27(2,3)14-24(33)34-32-25(20-16-30-31-17-20)19-13-22(21-11-7-8-12-23(21)28)26(29-15-19)18-9-5-4-6-10-18/h4-13,15-17,25,32H,14H2,1-3H3,(H,30,31). The van der Waals surface area contributed by atoms with Crippen molar-refractivity contribution in [3.8, 4) is 22.4 Å². The van der Waals surface area contributed by atoms with Gasteiger partial charge in [0.15, 0.2) is 0 Å². The third-order valence-corrected chi connectivity index (χ3v) is 5.27. The Hall–Kier alpha value is -3.84. The molecule has 1 atom stereocenters. The average molecular weight is 459 g/mol. The van der Waals surface area contributed by atoms with Crippen molar-refractivity contribution in [3.05, 3.63) is 96.2 Å². The summed E-state index contributed by atoms with van der Waals surface area (Å²) in [4.78, 5) is 22.5. The van der Waals surface area contributed by atoms with E-state index in [0.717, 1.165) is 11.1 Å². The van der Waals surface area contributed by atoms with Crippen molar-refractivity contribution in [2.75, 3.05) is 0 Å². The molecule has 0 aliphatic heterocycles. The summed E-state index contributed by atoms with van der Waals surface area (Å²) < 4.78 is 14.9. The van der Waals surface area contributed by atoms with Crippen LogP contribution in [0.5, 0.6) is 0 Å². The first-order chi connectivity index (χ1) is 16.3. The number of nitrogens with zero attached hydrogens (tertiary/aromatic N) is 2. The number of nitrogens with one attached hydrogen (secondary N) is 2. The highest BCUT2D eigenvalue weighted by atomic mass is 19.1. The highest BCUT2D eigenvalue weighted by molar-refractivity contribution is 5.81. The van der Waals surface area contributed by atoms with Gasteiger partial charge in [0.05, 0.1) is 24.4 Å². The molecule has 0 radical (unpaired) electrons. The Morgan fingerprint density at radius 3 is 2.44 bits per heavy atom. The number of pyridine rings is 1. The first-order valence-corrected chi connectivity index (χ1v) is 11.1. The van der Waals surface area contributed by atoms with E-state index in [4.69, 9.17) is 9.82 Å². The Bertz CT molecular complexity index is 1250. The second-order valence-corrected chi connectivity index (χ2v) is 9.30. The minimum Gasteiger partial charge on any atom is -0.370 e. The van der Waals surface area contributed by atoms with Crippen LogP contribution in [0.3, 0.4) is 0 Å². The Morgan fingerprint density at radius 1 is 1.03 bits per heavy atom. The van der Waals surface area contributed by atoms with Crippen LogP contribution in [0.4, 0.5) is 4.39 Å². The third-order valence-electron chi connectivity index (χ3n) is 5.27. The number of H-pyrrole nitrogens is 1. The lowest BCUT2D eigenvalue weighted by Gasteiger charge is -2.21. The number of hydroxylamine groups is 1. The monoisotopic (exact) mass is 458 g/mol. The Labute approximate surface area is 198 Å². The molecule has 0 bridgehead atoms. The SMILES string of the molecule is CC(C)(C)CC(=O)ONC(c1cn[nH]c1)c1cnc(-c2ccccc2)c(-c2ccccc2F)c1. The topological polar surface area (TPSA) is 79.9 Å². The largest absolute Gasteiger partial charge is 0.370 e. The van der Waals surface area contributed by atoms with E-state index in [1.54, 1.807) is 36.8 Å². The predicted molar refractivity (Wildman–Crippen MR) is 129 cm³/mol. The molecule has 174 valence electrons. The van der Waals surface area contributed by atoms with Crippen LogP contribution in [-0.4, -0.2) is 21.2 Å². The molecule has 0 aliphatic rings. The van der Waals surface area contributed by atoms with Gasteiger partial charge < -0.3 is 4.84 Å². The molecular formula is C27H27FN4O2. The molecule has 0 saturated carbocycles. The number of rotatable bonds is 7. The van der Waals surface area contributed by atoms with Crippen LogP contribution in [0.15, 0.2) is 79.3 Å². The lowest BCUT2D eigenvalue weighted by atomic mass is 9.93. The first kappa shape index (κ1) is 23.3. The molecule has 2 aromatic carbocycles. The number of halogens is 1. The summed E-state index contributed by atoms with van der Waals surface area (Å²) in [6.07, 6.45) is 5.31. The van der Waals surface area contributed by atoms with Crippen molar-refractivity contribution in [1.82, 2.24) is 20.7 Å². The van der Waals surface area contributed by atoms with Crippen molar-refractivity contribution < 1.29 is 14.0 Å². The molecule has 6 nitrogen and oxygen atoms in total. The lowest BCUT2D eigenvalue weighted by Crippen LogP contribution is -2.28. The number of hydrogen-bond donors (Lipinski definition) is 2. The highest BCUT2D eigenvalue weighted by Crippen LogP contribution is 2.35. The van der Waals surface area contributed by atoms with Gasteiger partial charge in [-0.15, -0.1) is 5.48 Å². The molecule has 4 rings (SSSR count). The van der Waals surface area contributed by atoms with Crippen LogP contribution in [0, 0.1) is 11.2 Å². The fourth-order valence-electron chi connectivity index (χ4n) is 3.69. The van der Waals surface area contributed by atoms with Gasteiger partial charge in [0, 0.05) is 34.6 Å². The van der Waals surface area contributed by atoms with E-state index in [2.05, 4.69) is 15.7 Å². The molecule has 4 aromatic rings. The average Bonchev–Trinajstić information content (AvgIpc) is 3.33. The molecule has 0 aliphatic carbocycles. The van der Waals surface area contributed by atoms with Gasteiger partial charge in [-0.1, -0.05) is 69.3 Å². The molecule has 2 aromatic heterocycles. The number of carbonyl (C=O) groups is 1. The van der Waals surface area contributed by atoms with E-state index < -0.39 is 6.04 Å². The summed E-state index contributed by atoms with van der Waals surface area (Å²) >= 11 is 0. The maximum Gasteiger partial charge on any atom is 0.325 e. The van der Waals surface area contributed by atoms with Gasteiger partial charge in [-0.05, 0) is 23.1 Å². The smallest absolute Gasteiger partial charge is 0.325 e. The molecule has 2 N–H and O–H groups in total. The molecule has 1 unspecified atom stereocenters. The maximum atomic E-state index is 14.9. The molecule has 34 heavy (non-hydrogen) atoms. The van der Waals surface area contributed by atoms with Crippen molar-refractivity contribution in [2.24, 2.45) is 5.41 Å². The second-order valence-electron chi connectivity index (χ2n) is 9.30. The van der Waals surface area contributed by atoms with Crippen molar-refractivity contribution in [1.29, 1.82) is 0 Å². The summed E-state index contributed by atoms with van der Waals surface area (Å²) in [7, 11) is 0. The van der Waals surface area contributed by atoms with E-state index in [0.29, 0.717) is 22.4 Å². The van der Waals surface area contributed by atoms with Crippen molar-refractivity contribution in [3.63, 3.8) is 0 Å². The van der Waals surface area contributed by atoms with Crippen LogP contribution in [0.25, 0.3) is 22.4 Å². The summed E-state index contributed by atoms with van der Waals surface area (Å²) in [6.45, 7) is 5.90. The van der Waals surface area contributed by atoms with Gasteiger partial charge in [-0.25, -0.2) is 4.39 Å². The second kappa shape index (κ2) is 9.97. The summed E-state index contributed by atoms with van der Waals surface area (Å²) in [6, 6.07) is 17.6. The molecule has 0 amide bonds. The fourth-order valence-corrected chi connectivity index (χ4v) is 3.69. The predicted octanol–water partition coefficient (Wildman–Crippen LogP) is 5.85. The third kappa shape index (κ3) is 5.55. The van der Waals surface area contributed by atoms with Crippen molar-refractivity contribution in [2.45, 2.75) is 33.2 Å². The van der Waals surface area contributed by atoms with Gasteiger partial charge in [0.25, 0.3) is 0 Å². The minimum absolute atomic E-state index is 0.208. The molecule has 0 fully saturated rings. The number of aromatic amines is 1. The van der Waals surface area contributed by atoms with E-state index in [1.165, 1.54) is 6.07 Å². The molecular weight excluding hydrogens is 431 g/mol. The zero-order valence-electron chi connectivity index (χ0n) is 19.4. The zero-order chi connectivity index (χ0) is 24.1. The van der Waals surface area contributed by atoms with E-state index in [9.17, 15) is 9.18 Å². The van der Waals surface area contributed by atoms with Crippen LogP contribution >= 0.6 is 0 Å². The van der Waals surface area contributed by atoms with Gasteiger partial charge in [-0.2, -0.15) is 5.10 Å². The van der Waals surface area contributed by atoms with Gasteiger partial charge >= 0.3 is 5.97 Å². The number of carbonyl (C=O) groups excluding carboxylic acids is 1. The van der Waals surface area contributed by atoms with Gasteiger partial charge in [-0.3, -0.25) is 14.9 Å². The zero-order valence-corrected chi connectivity index (χ0v) is 19.4. The lowest BCUT2D eigenvalue weighted by molar-refractivity contribution is -0.154. The van der Waals surface area contributed by atoms with E-state index in [-0.39, 0.29) is 23.6 Å². The summed E-state index contributed by atoms with van der Waals surface area (Å²) in [5, 5.41) is 6.82.